The smallest absolute Gasteiger partial charge is 0.00648 e. The first-order chi connectivity index (χ1) is 6.77. The average molecular weight is 186 g/mol. The molecular weight excluding hydrogens is 168 g/mol. The normalized spacial score (nSPS) is 20.9. The maximum absolute atomic E-state index is 2.42. The van der Waals surface area contributed by atoms with Crippen LogP contribution in [0, 0.1) is 0 Å². The van der Waals surface area contributed by atoms with E-state index in [1.807, 2.05) is 0 Å². The van der Waals surface area contributed by atoms with Crippen LogP contribution in [0.25, 0.3) is 0 Å². The van der Waals surface area contributed by atoms with E-state index in [2.05, 4.69) is 38.2 Å². The van der Waals surface area contributed by atoms with Crippen LogP contribution in [0.15, 0.2) is 46.6 Å². The summed E-state index contributed by atoms with van der Waals surface area (Å²) in [5.41, 5.74) is 6.26. The first-order valence-electron chi connectivity index (χ1n) is 5.47. The topological polar surface area (TPSA) is 0 Å². The Bertz CT molecular complexity index is 344. The first-order valence-corrected chi connectivity index (χ1v) is 5.47. The molecule has 0 nitrogen and oxygen atoms in total. The quantitative estimate of drug-likeness (QED) is 0.535. The van der Waals surface area contributed by atoms with Gasteiger partial charge in [-0.3, -0.25) is 0 Å². The monoisotopic (exact) mass is 186 g/mol. The summed E-state index contributed by atoms with van der Waals surface area (Å²) in [5.74, 6) is 0. The maximum atomic E-state index is 2.42. The highest BCUT2D eigenvalue weighted by atomic mass is 14.2. The molecule has 0 fully saturated rings. The third kappa shape index (κ3) is 1.89. The molecule has 0 heterocycles. The van der Waals surface area contributed by atoms with Crippen LogP contribution in [-0.4, -0.2) is 0 Å². The molecule has 0 N–H and O–H groups in total. The van der Waals surface area contributed by atoms with E-state index in [0.717, 1.165) is 6.42 Å². The van der Waals surface area contributed by atoms with Gasteiger partial charge >= 0.3 is 0 Å². The van der Waals surface area contributed by atoms with Crippen molar-refractivity contribution in [2.24, 2.45) is 0 Å². The zero-order valence-electron chi connectivity index (χ0n) is 9.14. The molecule has 0 saturated carbocycles. The molecule has 0 aliphatic heterocycles. The van der Waals surface area contributed by atoms with Gasteiger partial charge in [0.2, 0.25) is 0 Å². The second kappa shape index (κ2) is 4.00. The van der Waals surface area contributed by atoms with Crippen LogP contribution < -0.4 is 0 Å². The lowest BCUT2D eigenvalue weighted by molar-refractivity contribution is 0.845. The lowest BCUT2D eigenvalue weighted by atomic mass is 9.87. The van der Waals surface area contributed by atoms with Crippen molar-refractivity contribution < 1.29 is 0 Å². The van der Waals surface area contributed by atoms with Crippen LogP contribution in [0.2, 0.25) is 0 Å². The van der Waals surface area contributed by atoms with Gasteiger partial charge in [-0.1, -0.05) is 35.5 Å². The van der Waals surface area contributed by atoms with Gasteiger partial charge in [-0.05, 0) is 50.7 Å². The average Bonchev–Trinajstić information content (AvgIpc) is 2.71. The fraction of sp³-hybridized carbons (Fsp3) is 0.429. The predicted octanol–water partition coefficient (Wildman–Crippen LogP) is 4.32. The Labute approximate surface area is 86.7 Å². The Kier molecular flexibility index (Phi) is 2.72. The number of hydrogen-bond acceptors (Lipinski definition) is 0. The summed E-state index contributed by atoms with van der Waals surface area (Å²) < 4.78 is 0. The molecule has 2 aliphatic rings. The molecule has 74 valence electrons. The van der Waals surface area contributed by atoms with Crippen LogP contribution in [0.1, 0.15) is 39.5 Å². The molecule has 0 aromatic rings. The Morgan fingerprint density at radius 2 is 2.07 bits per heavy atom. The zero-order valence-corrected chi connectivity index (χ0v) is 9.14. The van der Waals surface area contributed by atoms with Crippen molar-refractivity contribution >= 4 is 0 Å². The van der Waals surface area contributed by atoms with E-state index < -0.39 is 0 Å². The second-order valence-corrected chi connectivity index (χ2v) is 4.37. The van der Waals surface area contributed by atoms with Gasteiger partial charge in [0.05, 0.1) is 0 Å². The molecule has 2 aliphatic carbocycles. The van der Waals surface area contributed by atoms with E-state index in [1.165, 1.54) is 30.4 Å². The van der Waals surface area contributed by atoms with E-state index in [9.17, 15) is 0 Å². The van der Waals surface area contributed by atoms with E-state index in [-0.39, 0.29) is 0 Å². The van der Waals surface area contributed by atoms with Gasteiger partial charge in [0.15, 0.2) is 0 Å². The summed E-state index contributed by atoms with van der Waals surface area (Å²) in [4.78, 5) is 0. The van der Waals surface area contributed by atoms with Crippen molar-refractivity contribution in [3.63, 3.8) is 0 Å². The number of allylic oxidation sites excluding steroid dienone is 8. The first kappa shape index (κ1) is 9.51. The number of rotatable bonds is 1. The van der Waals surface area contributed by atoms with Crippen molar-refractivity contribution in [1.29, 1.82) is 0 Å². The van der Waals surface area contributed by atoms with Crippen molar-refractivity contribution in [3.8, 4) is 0 Å². The molecule has 0 radical (unpaired) electrons. The molecule has 0 amide bonds. The van der Waals surface area contributed by atoms with Gasteiger partial charge in [-0.25, -0.2) is 0 Å². The third-order valence-electron chi connectivity index (χ3n) is 3.13. The summed E-state index contributed by atoms with van der Waals surface area (Å²) in [5, 5.41) is 0. The SMILES string of the molecule is CC(C)=C1CCC=C(C2=CC=CC2)C1. The molecular formula is C14H18. The van der Waals surface area contributed by atoms with Crippen LogP contribution in [0.5, 0.6) is 0 Å². The Morgan fingerprint density at radius 3 is 2.71 bits per heavy atom. The van der Waals surface area contributed by atoms with Gasteiger partial charge in [-0.15, -0.1) is 0 Å². The lowest BCUT2D eigenvalue weighted by Gasteiger charge is -2.18. The molecule has 0 spiro atoms. The van der Waals surface area contributed by atoms with Gasteiger partial charge in [-0.2, -0.15) is 0 Å². The molecule has 0 bridgehead atoms. The summed E-state index contributed by atoms with van der Waals surface area (Å²) in [6, 6.07) is 0. The minimum absolute atomic E-state index is 1.14. The third-order valence-corrected chi connectivity index (χ3v) is 3.13. The highest BCUT2D eigenvalue weighted by Crippen LogP contribution is 2.32. The van der Waals surface area contributed by atoms with E-state index in [1.54, 1.807) is 11.1 Å². The summed E-state index contributed by atoms with van der Waals surface area (Å²) in [6.45, 7) is 4.47. The summed E-state index contributed by atoms with van der Waals surface area (Å²) in [6.07, 6.45) is 13.9. The van der Waals surface area contributed by atoms with Gasteiger partial charge in [0, 0.05) is 0 Å². The van der Waals surface area contributed by atoms with E-state index in [4.69, 9.17) is 0 Å². The molecule has 0 heteroatoms. The highest BCUT2D eigenvalue weighted by molar-refractivity contribution is 5.43. The van der Waals surface area contributed by atoms with Crippen molar-refractivity contribution in [1.82, 2.24) is 0 Å². The van der Waals surface area contributed by atoms with E-state index in [0.29, 0.717) is 0 Å². The predicted molar refractivity (Wildman–Crippen MR) is 62.1 cm³/mol. The Morgan fingerprint density at radius 1 is 1.21 bits per heavy atom. The fourth-order valence-electron chi connectivity index (χ4n) is 2.17. The largest absolute Gasteiger partial charge is 0.0804 e. The van der Waals surface area contributed by atoms with Gasteiger partial charge in [0.25, 0.3) is 0 Å². The van der Waals surface area contributed by atoms with Gasteiger partial charge < -0.3 is 0 Å². The molecule has 14 heavy (non-hydrogen) atoms. The Balaban J connectivity index is 2.15. The molecule has 2 rings (SSSR count). The van der Waals surface area contributed by atoms with Crippen molar-refractivity contribution in [2.75, 3.05) is 0 Å². The molecule has 0 saturated heterocycles. The van der Waals surface area contributed by atoms with Crippen LogP contribution in [0.3, 0.4) is 0 Å². The van der Waals surface area contributed by atoms with Crippen LogP contribution in [-0.2, 0) is 0 Å². The van der Waals surface area contributed by atoms with Crippen molar-refractivity contribution in [3.05, 3.63) is 46.6 Å². The van der Waals surface area contributed by atoms with E-state index >= 15 is 0 Å². The summed E-state index contributed by atoms with van der Waals surface area (Å²) >= 11 is 0. The minimum Gasteiger partial charge on any atom is -0.0804 e. The van der Waals surface area contributed by atoms with Gasteiger partial charge in [0.1, 0.15) is 0 Å². The van der Waals surface area contributed by atoms with Crippen LogP contribution >= 0.6 is 0 Å². The molecule has 0 aromatic heterocycles. The second-order valence-electron chi connectivity index (χ2n) is 4.37. The summed E-state index contributed by atoms with van der Waals surface area (Å²) in [7, 11) is 0. The Hall–Kier alpha value is -1.04. The molecule has 0 aromatic carbocycles. The van der Waals surface area contributed by atoms with Crippen molar-refractivity contribution in [2.45, 2.75) is 39.5 Å². The lowest BCUT2D eigenvalue weighted by Crippen LogP contribution is -1.99. The molecule has 0 atom stereocenters. The minimum atomic E-state index is 1.14. The number of hydrogen-bond donors (Lipinski definition) is 0. The zero-order chi connectivity index (χ0) is 9.97. The standard InChI is InChI=1S/C14H18/c1-11(2)13-8-5-9-14(10-13)12-6-3-4-7-12/h3-4,6,9H,5,7-8,10H2,1-2H3. The maximum Gasteiger partial charge on any atom is -0.00648 e. The molecule has 0 unspecified atom stereocenters. The van der Waals surface area contributed by atoms with Crippen LogP contribution in [0.4, 0.5) is 0 Å². The highest BCUT2D eigenvalue weighted by Gasteiger charge is 2.13. The fourth-order valence-corrected chi connectivity index (χ4v) is 2.17.